The summed E-state index contributed by atoms with van der Waals surface area (Å²) in [6.45, 7) is 0.631. The van der Waals surface area contributed by atoms with E-state index >= 15 is 0 Å². The molecular formula is C25H24FN3O6. The number of carbonyl (C=O) groups is 3. The molecule has 0 bridgehead atoms. The van der Waals surface area contributed by atoms with E-state index < -0.39 is 29.4 Å². The number of benzene rings is 1. The quantitative estimate of drug-likeness (QED) is 0.601. The molecule has 2 aliphatic heterocycles. The average molecular weight is 481 g/mol. The Morgan fingerprint density at radius 3 is 2.40 bits per heavy atom. The molecule has 3 amide bonds. The van der Waals surface area contributed by atoms with Crippen molar-refractivity contribution in [3.63, 3.8) is 0 Å². The van der Waals surface area contributed by atoms with Gasteiger partial charge >= 0.3 is 0 Å². The summed E-state index contributed by atoms with van der Waals surface area (Å²) >= 11 is 0. The molecule has 0 aliphatic carbocycles. The summed E-state index contributed by atoms with van der Waals surface area (Å²) in [6, 6.07) is 11.5. The van der Waals surface area contributed by atoms with E-state index in [1.807, 2.05) is 0 Å². The molecule has 4 heterocycles. The summed E-state index contributed by atoms with van der Waals surface area (Å²) in [6.07, 6.45) is 3.43. The van der Waals surface area contributed by atoms with Crippen molar-refractivity contribution in [2.75, 3.05) is 19.7 Å². The summed E-state index contributed by atoms with van der Waals surface area (Å²) in [7, 11) is 0. The number of nitrogens with one attached hydrogen (secondary N) is 1. The number of rotatable bonds is 5. The molecule has 2 aromatic heterocycles. The number of amides is 3. The fourth-order valence-corrected chi connectivity index (χ4v) is 4.66. The summed E-state index contributed by atoms with van der Waals surface area (Å²) < 4.78 is 30.8. The van der Waals surface area contributed by atoms with E-state index in [2.05, 4.69) is 5.32 Å². The van der Waals surface area contributed by atoms with Crippen LogP contribution >= 0.6 is 0 Å². The zero-order chi connectivity index (χ0) is 24.4. The zero-order valence-corrected chi connectivity index (χ0v) is 18.8. The van der Waals surface area contributed by atoms with Gasteiger partial charge in [-0.1, -0.05) is 12.1 Å². The standard InChI is InChI=1S/C25H24FN3O6/c26-19-7-2-1-6-18(19)23(31)28-11-9-25(10-12-28)29(24(32)21-8-4-14-34-21)20(16-35-25)22(30)27-15-17-5-3-13-33-17/h1-8,13-14,20H,9-12,15-16H2,(H,27,30). The van der Waals surface area contributed by atoms with Crippen molar-refractivity contribution in [1.82, 2.24) is 15.1 Å². The highest BCUT2D eigenvalue weighted by molar-refractivity contribution is 5.97. The Morgan fingerprint density at radius 1 is 0.971 bits per heavy atom. The molecule has 0 saturated carbocycles. The van der Waals surface area contributed by atoms with Gasteiger partial charge < -0.3 is 23.8 Å². The topological polar surface area (TPSA) is 105 Å². The lowest BCUT2D eigenvalue weighted by Crippen LogP contribution is -2.59. The molecule has 3 aromatic rings. The van der Waals surface area contributed by atoms with Gasteiger partial charge in [0, 0.05) is 25.9 Å². The van der Waals surface area contributed by atoms with Crippen LogP contribution in [0, 0.1) is 5.82 Å². The maximum absolute atomic E-state index is 14.1. The van der Waals surface area contributed by atoms with Gasteiger partial charge in [0.2, 0.25) is 5.91 Å². The molecule has 1 unspecified atom stereocenters. The van der Waals surface area contributed by atoms with Crippen molar-refractivity contribution in [3.8, 4) is 0 Å². The maximum atomic E-state index is 14.1. The molecule has 1 spiro atoms. The second kappa shape index (κ2) is 9.38. The number of hydrogen-bond donors (Lipinski definition) is 1. The van der Waals surface area contributed by atoms with Crippen LogP contribution in [0.4, 0.5) is 4.39 Å². The lowest BCUT2D eigenvalue weighted by molar-refractivity contribution is -0.128. The molecule has 2 aliphatic rings. The third kappa shape index (κ3) is 4.32. The average Bonchev–Trinajstić information content (AvgIpc) is 3.65. The van der Waals surface area contributed by atoms with Crippen LogP contribution in [0.15, 0.2) is 69.9 Å². The number of hydrogen-bond acceptors (Lipinski definition) is 6. The number of piperidine rings is 1. The fraction of sp³-hybridized carbons (Fsp3) is 0.320. The predicted molar refractivity (Wildman–Crippen MR) is 119 cm³/mol. The second-order valence-electron chi connectivity index (χ2n) is 8.49. The van der Waals surface area contributed by atoms with Crippen molar-refractivity contribution in [1.29, 1.82) is 0 Å². The van der Waals surface area contributed by atoms with E-state index in [1.165, 1.54) is 46.6 Å². The van der Waals surface area contributed by atoms with E-state index in [0.717, 1.165) is 0 Å². The Morgan fingerprint density at radius 2 is 1.71 bits per heavy atom. The Kier molecular flexibility index (Phi) is 6.12. The molecule has 1 aromatic carbocycles. The van der Waals surface area contributed by atoms with Gasteiger partial charge in [0.15, 0.2) is 5.76 Å². The second-order valence-corrected chi connectivity index (χ2v) is 8.49. The van der Waals surface area contributed by atoms with Crippen molar-refractivity contribution in [3.05, 3.63) is 84.0 Å². The van der Waals surface area contributed by atoms with E-state index in [0.29, 0.717) is 5.76 Å². The molecule has 2 saturated heterocycles. The first kappa shape index (κ1) is 22.9. The molecule has 0 radical (unpaired) electrons. The molecular weight excluding hydrogens is 457 g/mol. The van der Waals surface area contributed by atoms with Crippen LogP contribution < -0.4 is 5.32 Å². The van der Waals surface area contributed by atoms with Crippen LogP contribution in [-0.2, 0) is 16.1 Å². The fourth-order valence-electron chi connectivity index (χ4n) is 4.66. The zero-order valence-electron chi connectivity index (χ0n) is 18.8. The van der Waals surface area contributed by atoms with Crippen LogP contribution in [0.1, 0.15) is 39.5 Å². The third-order valence-corrected chi connectivity index (χ3v) is 6.47. The summed E-state index contributed by atoms with van der Waals surface area (Å²) in [4.78, 5) is 42.3. The number of halogens is 1. The van der Waals surface area contributed by atoms with Gasteiger partial charge in [0.05, 0.1) is 31.2 Å². The monoisotopic (exact) mass is 481 g/mol. The largest absolute Gasteiger partial charge is 0.467 e. The summed E-state index contributed by atoms with van der Waals surface area (Å²) in [5.74, 6) is -1.20. The van der Waals surface area contributed by atoms with Gasteiger partial charge in [-0.2, -0.15) is 0 Å². The van der Waals surface area contributed by atoms with Gasteiger partial charge in [-0.15, -0.1) is 0 Å². The van der Waals surface area contributed by atoms with E-state index in [1.54, 1.807) is 24.3 Å². The van der Waals surface area contributed by atoms with Crippen molar-refractivity contribution >= 4 is 17.7 Å². The highest BCUT2D eigenvalue weighted by Gasteiger charge is 2.54. The van der Waals surface area contributed by atoms with Crippen LogP contribution in [0.3, 0.4) is 0 Å². The van der Waals surface area contributed by atoms with Crippen molar-refractivity contribution < 1.29 is 32.3 Å². The molecule has 182 valence electrons. The van der Waals surface area contributed by atoms with Gasteiger partial charge in [0.25, 0.3) is 11.8 Å². The summed E-state index contributed by atoms with van der Waals surface area (Å²) in [5, 5.41) is 2.79. The highest BCUT2D eigenvalue weighted by atomic mass is 19.1. The minimum Gasteiger partial charge on any atom is -0.467 e. The maximum Gasteiger partial charge on any atom is 0.292 e. The minimum atomic E-state index is -1.09. The first-order valence-electron chi connectivity index (χ1n) is 11.3. The SMILES string of the molecule is O=C(NCc1ccco1)C1COC2(CCN(C(=O)c3ccccc3F)CC2)N1C(=O)c1ccco1. The van der Waals surface area contributed by atoms with E-state index in [4.69, 9.17) is 13.6 Å². The van der Waals surface area contributed by atoms with Crippen LogP contribution in [-0.4, -0.2) is 59.0 Å². The molecule has 35 heavy (non-hydrogen) atoms. The number of likely N-dealkylation sites (tertiary alicyclic amines) is 1. The first-order valence-corrected chi connectivity index (χ1v) is 11.3. The number of carbonyl (C=O) groups excluding carboxylic acids is 3. The number of furan rings is 2. The minimum absolute atomic E-state index is 0.00229. The van der Waals surface area contributed by atoms with Crippen LogP contribution in [0.25, 0.3) is 0 Å². The normalized spacial score (nSPS) is 19.2. The Balaban J connectivity index is 1.34. The lowest BCUT2D eigenvalue weighted by Gasteiger charge is -2.44. The van der Waals surface area contributed by atoms with Crippen molar-refractivity contribution in [2.45, 2.75) is 31.2 Å². The number of nitrogens with zero attached hydrogens (tertiary/aromatic N) is 2. The molecule has 1 N–H and O–H groups in total. The van der Waals surface area contributed by atoms with Gasteiger partial charge in [0.1, 0.15) is 23.3 Å². The van der Waals surface area contributed by atoms with Gasteiger partial charge in [-0.05, 0) is 36.4 Å². The van der Waals surface area contributed by atoms with Gasteiger partial charge in [-0.25, -0.2) is 4.39 Å². The van der Waals surface area contributed by atoms with E-state index in [9.17, 15) is 18.8 Å². The molecule has 9 nitrogen and oxygen atoms in total. The summed E-state index contributed by atoms with van der Waals surface area (Å²) in [5.41, 5.74) is -1.10. The highest BCUT2D eigenvalue weighted by Crippen LogP contribution is 2.39. The van der Waals surface area contributed by atoms with Crippen LogP contribution in [0.2, 0.25) is 0 Å². The molecule has 2 fully saturated rings. The molecule has 5 rings (SSSR count). The lowest BCUT2D eigenvalue weighted by atomic mass is 9.96. The van der Waals surface area contributed by atoms with Crippen molar-refractivity contribution in [2.24, 2.45) is 0 Å². The number of ether oxygens (including phenoxy) is 1. The third-order valence-electron chi connectivity index (χ3n) is 6.47. The van der Waals surface area contributed by atoms with E-state index in [-0.39, 0.29) is 56.3 Å². The van der Waals surface area contributed by atoms with Crippen LogP contribution in [0.5, 0.6) is 0 Å². The van der Waals surface area contributed by atoms with Gasteiger partial charge in [-0.3, -0.25) is 19.3 Å². The predicted octanol–water partition coefficient (Wildman–Crippen LogP) is 2.80. The smallest absolute Gasteiger partial charge is 0.292 e. The molecule has 10 heteroatoms. The molecule has 1 atom stereocenters. The first-order chi connectivity index (χ1) is 17.0. The Hall–Kier alpha value is -3.92. The Bertz CT molecular complexity index is 1200. The Labute approximate surface area is 200 Å².